The van der Waals surface area contributed by atoms with Crippen LogP contribution in [0.1, 0.15) is 55.0 Å². The van der Waals surface area contributed by atoms with Gasteiger partial charge in [0.05, 0.1) is 0 Å². The fraction of sp³-hybridized carbons (Fsp3) is 0.389. The van der Waals surface area contributed by atoms with E-state index >= 15 is 0 Å². The number of benzene rings is 1. The predicted octanol–water partition coefficient (Wildman–Crippen LogP) is 2.67. The zero-order valence-corrected chi connectivity index (χ0v) is 13.7. The first-order chi connectivity index (χ1) is 12.3. The minimum Gasteiger partial charge on any atom is -0.310 e. The van der Waals surface area contributed by atoms with Gasteiger partial charge in [0.15, 0.2) is 11.5 Å². The molecule has 2 aromatic heterocycles. The molecule has 0 radical (unpaired) electrons. The van der Waals surface area contributed by atoms with Gasteiger partial charge in [-0.15, -0.1) is 15.3 Å². The van der Waals surface area contributed by atoms with E-state index in [1.807, 2.05) is 30.3 Å². The third-order valence-electron chi connectivity index (χ3n) is 4.83. The van der Waals surface area contributed by atoms with Gasteiger partial charge < -0.3 is 4.57 Å². The zero-order chi connectivity index (χ0) is 16.8. The van der Waals surface area contributed by atoms with Crippen LogP contribution in [0, 0.1) is 11.3 Å². The third kappa shape index (κ3) is 2.50. The third-order valence-corrected chi connectivity index (χ3v) is 4.83. The lowest BCUT2D eigenvalue weighted by atomic mass is 10.1. The van der Waals surface area contributed by atoms with Crippen LogP contribution in [0.15, 0.2) is 30.3 Å². The molecular weight excluding hydrogens is 314 g/mol. The SMILES string of the molecule is N#Cc1c(-c2ccccc2)nnn1Cc1nnc(C2CC2)n1C1CC1. The maximum absolute atomic E-state index is 9.63. The molecule has 0 amide bonds. The Labute approximate surface area is 144 Å². The summed E-state index contributed by atoms with van der Waals surface area (Å²) in [5.74, 6) is 2.55. The van der Waals surface area contributed by atoms with Gasteiger partial charge in [-0.2, -0.15) is 5.26 Å². The van der Waals surface area contributed by atoms with Crippen molar-refractivity contribution in [2.45, 2.75) is 44.2 Å². The lowest BCUT2D eigenvalue weighted by Gasteiger charge is -2.08. The summed E-state index contributed by atoms with van der Waals surface area (Å²) in [6, 6.07) is 12.4. The minimum atomic E-state index is 0.430. The highest BCUT2D eigenvalue weighted by Crippen LogP contribution is 2.44. The number of hydrogen-bond acceptors (Lipinski definition) is 5. The van der Waals surface area contributed by atoms with Gasteiger partial charge in [-0.05, 0) is 25.7 Å². The molecule has 2 saturated carbocycles. The smallest absolute Gasteiger partial charge is 0.167 e. The summed E-state index contributed by atoms with van der Waals surface area (Å²) < 4.78 is 3.92. The minimum absolute atomic E-state index is 0.430. The molecule has 3 aromatic rings. The Hall–Kier alpha value is -3.01. The van der Waals surface area contributed by atoms with Crippen molar-refractivity contribution in [3.63, 3.8) is 0 Å². The van der Waals surface area contributed by atoms with Gasteiger partial charge >= 0.3 is 0 Å². The number of hydrogen-bond donors (Lipinski definition) is 0. The molecule has 0 spiro atoms. The van der Waals surface area contributed by atoms with E-state index in [-0.39, 0.29) is 0 Å². The Morgan fingerprint density at radius 1 is 1.04 bits per heavy atom. The van der Waals surface area contributed by atoms with E-state index in [0.29, 0.717) is 29.9 Å². The first kappa shape index (κ1) is 14.3. The molecule has 0 aliphatic heterocycles. The van der Waals surface area contributed by atoms with Crippen LogP contribution in [0.3, 0.4) is 0 Å². The van der Waals surface area contributed by atoms with Crippen LogP contribution < -0.4 is 0 Å². The highest BCUT2D eigenvalue weighted by Gasteiger charge is 2.36. The van der Waals surface area contributed by atoms with Crippen LogP contribution in [0.5, 0.6) is 0 Å². The zero-order valence-electron chi connectivity index (χ0n) is 13.7. The Morgan fingerprint density at radius 2 is 1.84 bits per heavy atom. The van der Waals surface area contributed by atoms with Crippen LogP contribution in [-0.4, -0.2) is 29.8 Å². The molecule has 2 fully saturated rings. The number of nitrogens with zero attached hydrogens (tertiary/aromatic N) is 7. The summed E-state index contributed by atoms with van der Waals surface area (Å²) in [5, 5.41) is 26.9. The van der Waals surface area contributed by atoms with Gasteiger partial charge in [-0.1, -0.05) is 35.5 Å². The monoisotopic (exact) mass is 331 g/mol. The van der Waals surface area contributed by atoms with E-state index in [9.17, 15) is 5.26 Å². The summed E-state index contributed by atoms with van der Waals surface area (Å²) in [5.41, 5.74) is 1.97. The summed E-state index contributed by atoms with van der Waals surface area (Å²) in [6.07, 6.45) is 4.77. The van der Waals surface area contributed by atoms with E-state index in [2.05, 4.69) is 31.1 Å². The van der Waals surface area contributed by atoms with Crippen molar-refractivity contribution in [3.05, 3.63) is 47.7 Å². The largest absolute Gasteiger partial charge is 0.310 e. The Kier molecular flexibility index (Phi) is 3.17. The molecule has 0 atom stereocenters. The topological polar surface area (TPSA) is 85.2 Å². The summed E-state index contributed by atoms with van der Waals surface area (Å²) in [6.45, 7) is 0.430. The standard InChI is InChI=1S/C18H17N7/c19-10-15-17(12-4-2-1-3-5-12)21-23-24(15)11-16-20-22-18(13-6-7-13)25(16)14-8-9-14/h1-5,13-14H,6-9,11H2. The van der Waals surface area contributed by atoms with Crippen LogP contribution in [0.4, 0.5) is 0 Å². The van der Waals surface area contributed by atoms with Gasteiger partial charge in [-0.25, -0.2) is 4.68 Å². The highest BCUT2D eigenvalue weighted by molar-refractivity contribution is 5.64. The summed E-state index contributed by atoms with van der Waals surface area (Å²) in [4.78, 5) is 0. The molecule has 0 N–H and O–H groups in total. The van der Waals surface area contributed by atoms with Crippen LogP contribution >= 0.6 is 0 Å². The number of nitriles is 1. The van der Waals surface area contributed by atoms with Gasteiger partial charge in [0.2, 0.25) is 0 Å². The Balaban J connectivity index is 1.51. The summed E-state index contributed by atoms with van der Waals surface area (Å²) >= 11 is 0. The van der Waals surface area contributed by atoms with Gasteiger partial charge in [0.25, 0.3) is 0 Å². The first-order valence-electron chi connectivity index (χ1n) is 8.68. The van der Waals surface area contributed by atoms with Crippen molar-refractivity contribution >= 4 is 0 Å². The maximum atomic E-state index is 9.63. The second kappa shape index (κ2) is 5.52. The second-order valence-electron chi connectivity index (χ2n) is 6.77. The maximum Gasteiger partial charge on any atom is 0.167 e. The molecule has 5 rings (SSSR count). The van der Waals surface area contributed by atoms with Crippen molar-refractivity contribution in [3.8, 4) is 17.3 Å². The van der Waals surface area contributed by atoms with E-state index < -0.39 is 0 Å². The molecule has 2 aliphatic carbocycles. The van der Waals surface area contributed by atoms with Crippen LogP contribution in [-0.2, 0) is 6.54 Å². The number of rotatable bonds is 5. The van der Waals surface area contributed by atoms with E-state index in [4.69, 9.17) is 0 Å². The molecule has 2 aliphatic rings. The van der Waals surface area contributed by atoms with Crippen molar-refractivity contribution in [2.24, 2.45) is 0 Å². The first-order valence-corrected chi connectivity index (χ1v) is 8.68. The Bertz CT molecular complexity index is 955. The molecule has 7 nitrogen and oxygen atoms in total. The Morgan fingerprint density at radius 3 is 2.52 bits per heavy atom. The lowest BCUT2D eigenvalue weighted by Crippen LogP contribution is -2.12. The second-order valence-corrected chi connectivity index (χ2v) is 6.77. The quantitative estimate of drug-likeness (QED) is 0.717. The molecule has 124 valence electrons. The van der Waals surface area contributed by atoms with Crippen molar-refractivity contribution in [1.82, 2.24) is 29.8 Å². The van der Waals surface area contributed by atoms with Crippen LogP contribution in [0.25, 0.3) is 11.3 Å². The fourth-order valence-corrected chi connectivity index (χ4v) is 3.25. The fourth-order valence-electron chi connectivity index (χ4n) is 3.25. The van der Waals surface area contributed by atoms with E-state index in [1.165, 1.54) is 25.7 Å². The molecule has 1 aromatic carbocycles. The number of aromatic nitrogens is 6. The van der Waals surface area contributed by atoms with Crippen molar-refractivity contribution in [1.29, 1.82) is 5.26 Å². The van der Waals surface area contributed by atoms with Gasteiger partial charge in [-0.3, -0.25) is 0 Å². The molecule has 7 heteroatoms. The van der Waals surface area contributed by atoms with Crippen LogP contribution in [0.2, 0.25) is 0 Å². The van der Waals surface area contributed by atoms with Crippen molar-refractivity contribution < 1.29 is 0 Å². The molecule has 25 heavy (non-hydrogen) atoms. The lowest BCUT2D eigenvalue weighted by molar-refractivity contribution is 0.569. The van der Waals surface area contributed by atoms with E-state index in [1.54, 1.807) is 4.68 Å². The van der Waals surface area contributed by atoms with E-state index in [0.717, 1.165) is 17.2 Å². The normalized spacial score (nSPS) is 16.8. The highest BCUT2D eigenvalue weighted by atomic mass is 15.4. The van der Waals surface area contributed by atoms with Gasteiger partial charge in [0.1, 0.15) is 24.1 Å². The molecular formula is C18H17N7. The average molecular weight is 331 g/mol. The van der Waals surface area contributed by atoms with Gasteiger partial charge in [0, 0.05) is 17.5 Å². The average Bonchev–Trinajstić information content (AvgIpc) is 3.58. The molecule has 0 bridgehead atoms. The predicted molar refractivity (Wildman–Crippen MR) is 89.5 cm³/mol. The summed E-state index contributed by atoms with van der Waals surface area (Å²) in [7, 11) is 0. The molecule has 0 unspecified atom stereocenters. The van der Waals surface area contributed by atoms with Crippen molar-refractivity contribution in [2.75, 3.05) is 0 Å². The molecule has 0 saturated heterocycles. The molecule has 2 heterocycles.